The van der Waals surface area contributed by atoms with Crippen LogP contribution in [0, 0.1) is 0 Å². The van der Waals surface area contributed by atoms with Gasteiger partial charge in [0.1, 0.15) is 5.69 Å². The van der Waals surface area contributed by atoms with Crippen molar-refractivity contribution >= 4 is 54.9 Å². The van der Waals surface area contributed by atoms with Gasteiger partial charge in [-0.2, -0.15) is 0 Å². The number of hydrogen-bond acceptors (Lipinski definition) is 5. The fourth-order valence-electron chi connectivity index (χ4n) is 3.03. The summed E-state index contributed by atoms with van der Waals surface area (Å²) in [6.07, 6.45) is 0. The van der Waals surface area contributed by atoms with Gasteiger partial charge in [0.25, 0.3) is 0 Å². The van der Waals surface area contributed by atoms with Crippen molar-refractivity contribution in [3.05, 3.63) is 86.8 Å². The first-order valence-electron chi connectivity index (χ1n) is 8.94. The Morgan fingerprint density at radius 2 is 1.62 bits per heavy atom. The van der Waals surface area contributed by atoms with Crippen molar-refractivity contribution in [2.45, 2.75) is 9.92 Å². The topological polar surface area (TPSA) is 102 Å². The molecule has 0 aliphatic carbocycles. The van der Waals surface area contributed by atoms with Crippen LogP contribution in [0.1, 0.15) is 10.4 Å². The van der Waals surface area contributed by atoms with Gasteiger partial charge in [0.05, 0.1) is 21.2 Å². The largest absolute Gasteiger partial charge is 0.478 e. The second-order valence-electron chi connectivity index (χ2n) is 6.59. The SMILES string of the molecule is O=C(O)c1ccc(-n2nnc(S(=O)(=O)c3ccc(Cl)cc3Cl)c2-c2ccc(Br)cc2)cc1. The quantitative estimate of drug-likeness (QED) is 0.349. The smallest absolute Gasteiger partial charge is 0.335 e. The molecule has 0 atom stereocenters. The Morgan fingerprint density at radius 1 is 0.969 bits per heavy atom. The lowest BCUT2D eigenvalue weighted by Gasteiger charge is -2.10. The van der Waals surface area contributed by atoms with Gasteiger partial charge in [-0.25, -0.2) is 17.9 Å². The van der Waals surface area contributed by atoms with E-state index < -0.39 is 15.8 Å². The van der Waals surface area contributed by atoms with E-state index in [1.54, 1.807) is 24.3 Å². The lowest BCUT2D eigenvalue weighted by atomic mass is 10.1. The Bertz CT molecular complexity index is 1440. The van der Waals surface area contributed by atoms with Gasteiger partial charge in [0.2, 0.25) is 14.9 Å². The highest BCUT2D eigenvalue weighted by Gasteiger charge is 2.31. The second kappa shape index (κ2) is 8.67. The fourth-order valence-corrected chi connectivity index (χ4v) is 5.38. The average Bonchev–Trinajstić information content (AvgIpc) is 3.20. The van der Waals surface area contributed by atoms with E-state index in [2.05, 4.69) is 26.2 Å². The molecule has 0 saturated heterocycles. The van der Waals surface area contributed by atoms with Crippen LogP contribution in [0.5, 0.6) is 0 Å². The van der Waals surface area contributed by atoms with Crippen LogP contribution in [0.25, 0.3) is 16.9 Å². The van der Waals surface area contributed by atoms with Crippen molar-refractivity contribution in [1.29, 1.82) is 0 Å². The van der Waals surface area contributed by atoms with Crippen molar-refractivity contribution < 1.29 is 18.3 Å². The summed E-state index contributed by atoms with van der Waals surface area (Å²) < 4.78 is 29.1. The Kier molecular flexibility index (Phi) is 6.09. The molecule has 0 aliphatic heterocycles. The number of hydrogen-bond donors (Lipinski definition) is 1. The first kappa shape index (κ1) is 22.5. The molecule has 0 amide bonds. The summed E-state index contributed by atoms with van der Waals surface area (Å²) in [5.74, 6) is -1.08. The molecule has 0 bridgehead atoms. The standard InChI is InChI=1S/C21H12BrCl2N3O4S/c22-14-5-1-12(2-6-14)19-20(32(30,31)18-10-7-15(23)11-17(18)24)25-26-27(19)16-8-3-13(4-9-16)21(28)29/h1-11H,(H,28,29). The van der Waals surface area contributed by atoms with E-state index in [0.717, 1.165) is 4.47 Å². The number of carboxylic acids is 1. The third kappa shape index (κ3) is 4.16. The Balaban J connectivity index is 1.96. The van der Waals surface area contributed by atoms with Gasteiger partial charge >= 0.3 is 5.97 Å². The molecule has 32 heavy (non-hydrogen) atoms. The van der Waals surface area contributed by atoms with Gasteiger partial charge in [-0.15, -0.1) is 5.10 Å². The molecule has 4 rings (SSSR count). The van der Waals surface area contributed by atoms with Crippen molar-refractivity contribution in [1.82, 2.24) is 15.0 Å². The van der Waals surface area contributed by atoms with Gasteiger partial charge in [-0.1, -0.05) is 56.5 Å². The summed E-state index contributed by atoms with van der Waals surface area (Å²) in [6, 6.07) is 16.9. The van der Waals surface area contributed by atoms with Crippen LogP contribution < -0.4 is 0 Å². The van der Waals surface area contributed by atoms with Crippen LogP contribution in [0.15, 0.2) is 81.1 Å². The van der Waals surface area contributed by atoms with E-state index in [1.165, 1.54) is 47.1 Å². The number of rotatable bonds is 5. The van der Waals surface area contributed by atoms with Crippen LogP contribution in [-0.4, -0.2) is 34.5 Å². The molecule has 4 aromatic rings. The number of carbonyl (C=O) groups is 1. The van der Waals surface area contributed by atoms with E-state index in [4.69, 9.17) is 28.3 Å². The zero-order valence-electron chi connectivity index (χ0n) is 15.9. The highest BCUT2D eigenvalue weighted by Crippen LogP contribution is 2.35. The summed E-state index contributed by atoms with van der Waals surface area (Å²) in [5, 5.41) is 17.1. The van der Waals surface area contributed by atoms with Gasteiger partial charge in [0.15, 0.2) is 0 Å². The molecule has 0 spiro atoms. The molecule has 0 fully saturated rings. The third-order valence-electron chi connectivity index (χ3n) is 4.55. The highest BCUT2D eigenvalue weighted by atomic mass is 79.9. The average molecular weight is 553 g/mol. The normalized spacial score (nSPS) is 11.5. The fraction of sp³-hybridized carbons (Fsp3) is 0. The van der Waals surface area contributed by atoms with Crippen LogP contribution in [0.3, 0.4) is 0 Å². The molecule has 1 aromatic heterocycles. The Morgan fingerprint density at radius 3 is 2.22 bits per heavy atom. The van der Waals surface area contributed by atoms with E-state index in [9.17, 15) is 13.2 Å². The number of aromatic carboxylic acids is 1. The summed E-state index contributed by atoms with van der Waals surface area (Å²) in [5.41, 5.74) is 1.25. The molecule has 0 radical (unpaired) electrons. The minimum atomic E-state index is -4.17. The molecule has 0 unspecified atom stereocenters. The maximum atomic E-state index is 13.5. The molecule has 0 aliphatic rings. The first-order chi connectivity index (χ1) is 15.2. The number of sulfone groups is 1. The molecule has 3 aromatic carbocycles. The highest BCUT2D eigenvalue weighted by molar-refractivity contribution is 9.10. The minimum absolute atomic E-state index is 0.0420. The van der Waals surface area contributed by atoms with Gasteiger partial charge in [-0.3, -0.25) is 0 Å². The van der Waals surface area contributed by atoms with Crippen molar-refractivity contribution in [3.8, 4) is 16.9 Å². The Hall–Kier alpha value is -2.72. The maximum absolute atomic E-state index is 13.5. The van der Waals surface area contributed by atoms with Crippen molar-refractivity contribution in [3.63, 3.8) is 0 Å². The summed E-state index contributed by atoms with van der Waals surface area (Å²) in [6.45, 7) is 0. The predicted octanol–water partition coefficient (Wildman–Crippen LogP) is 5.53. The summed E-state index contributed by atoms with van der Waals surface area (Å²) in [7, 11) is -4.17. The van der Waals surface area contributed by atoms with E-state index in [-0.39, 0.29) is 26.2 Å². The zero-order valence-corrected chi connectivity index (χ0v) is 19.8. The number of benzene rings is 3. The van der Waals surface area contributed by atoms with Crippen LogP contribution in [0.2, 0.25) is 10.0 Å². The number of halogens is 3. The van der Waals surface area contributed by atoms with Crippen LogP contribution in [-0.2, 0) is 9.84 Å². The van der Waals surface area contributed by atoms with Crippen molar-refractivity contribution in [2.75, 3.05) is 0 Å². The van der Waals surface area contributed by atoms with E-state index in [1.807, 2.05) is 0 Å². The molecule has 1 N–H and O–H groups in total. The first-order valence-corrected chi connectivity index (χ1v) is 12.0. The minimum Gasteiger partial charge on any atom is -0.478 e. The molecule has 162 valence electrons. The van der Waals surface area contributed by atoms with E-state index in [0.29, 0.717) is 16.3 Å². The lowest BCUT2D eigenvalue weighted by molar-refractivity contribution is 0.0697. The number of nitrogens with zero attached hydrogens (tertiary/aromatic N) is 3. The summed E-state index contributed by atoms with van der Waals surface area (Å²) >= 11 is 15.5. The number of aromatic nitrogens is 3. The molecule has 7 nitrogen and oxygen atoms in total. The number of carboxylic acid groups (broad SMARTS) is 1. The maximum Gasteiger partial charge on any atom is 0.335 e. The lowest BCUT2D eigenvalue weighted by Crippen LogP contribution is -2.07. The predicted molar refractivity (Wildman–Crippen MR) is 123 cm³/mol. The molecule has 0 saturated carbocycles. The molecular weight excluding hydrogens is 541 g/mol. The molecule has 11 heteroatoms. The van der Waals surface area contributed by atoms with E-state index >= 15 is 0 Å². The van der Waals surface area contributed by atoms with Crippen LogP contribution in [0.4, 0.5) is 0 Å². The van der Waals surface area contributed by atoms with Gasteiger partial charge < -0.3 is 5.11 Å². The molecular formula is C21H12BrCl2N3O4S. The summed E-state index contributed by atoms with van der Waals surface area (Å²) in [4.78, 5) is 11.0. The van der Waals surface area contributed by atoms with Crippen LogP contribution >= 0.6 is 39.1 Å². The Labute approximate surface area is 201 Å². The van der Waals surface area contributed by atoms with Gasteiger partial charge in [0, 0.05) is 15.1 Å². The monoisotopic (exact) mass is 551 g/mol. The van der Waals surface area contributed by atoms with Crippen molar-refractivity contribution in [2.24, 2.45) is 0 Å². The van der Waals surface area contributed by atoms with Gasteiger partial charge in [-0.05, 0) is 54.6 Å². The zero-order chi connectivity index (χ0) is 23.0. The molecule has 1 heterocycles. The third-order valence-corrected chi connectivity index (χ3v) is 7.46. The second-order valence-corrected chi connectivity index (χ2v) is 10.2.